The highest BCUT2D eigenvalue weighted by Gasteiger charge is 2.31. The molecule has 3 unspecified atom stereocenters. The summed E-state index contributed by atoms with van der Waals surface area (Å²) >= 11 is 0. The van der Waals surface area contributed by atoms with Gasteiger partial charge in [-0.2, -0.15) is 0 Å². The Bertz CT molecular complexity index is 1190. The van der Waals surface area contributed by atoms with E-state index in [1.165, 1.54) is 19.1 Å². The molecule has 1 aromatic heterocycles. The number of nitro groups is 1. The summed E-state index contributed by atoms with van der Waals surface area (Å²) in [7, 11) is 0.665. The number of hydrogen-bond donors (Lipinski definition) is 2. The van der Waals surface area contributed by atoms with E-state index in [9.17, 15) is 19.1 Å². The highest BCUT2D eigenvalue weighted by molar-refractivity contribution is 8.09. The van der Waals surface area contributed by atoms with Crippen LogP contribution in [0.2, 0.25) is 0 Å². The average Bonchev–Trinajstić information content (AvgIpc) is 3.61. The lowest BCUT2D eigenvalue weighted by atomic mass is 9.91. The number of benzene rings is 2. The average molecular weight is 443 g/mol. The topological polar surface area (TPSA) is 106 Å². The number of rotatable bonds is 6. The van der Waals surface area contributed by atoms with Gasteiger partial charge in [-0.15, -0.1) is 0 Å². The molecule has 3 atom stereocenters. The van der Waals surface area contributed by atoms with E-state index in [0.29, 0.717) is 27.7 Å². The van der Waals surface area contributed by atoms with Gasteiger partial charge in [0.25, 0.3) is 0 Å². The summed E-state index contributed by atoms with van der Waals surface area (Å²) in [6.45, 7) is 1.52. The first kappa shape index (κ1) is 21.4. The zero-order valence-electron chi connectivity index (χ0n) is 17.2. The second-order valence-electron chi connectivity index (χ2n) is 7.63. The third-order valence-corrected chi connectivity index (χ3v) is 7.27. The molecular weight excluding hydrogens is 419 g/mol. The van der Waals surface area contributed by atoms with Gasteiger partial charge in [-0.25, -0.2) is 8.70 Å². The Hall–Kier alpha value is -2.88. The molecule has 1 fully saturated rings. The number of anilines is 1. The van der Waals surface area contributed by atoms with Crippen LogP contribution in [0.1, 0.15) is 48.5 Å². The fourth-order valence-corrected chi connectivity index (χ4v) is 5.08. The van der Waals surface area contributed by atoms with Gasteiger partial charge in [-0.05, 0) is 47.5 Å². The lowest BCUT2D eigenvalue weighted by Crippen LogP contribution is -2.23. The van der Waals surface area contributed by atoms with Crippen molar-refractivity contribution in [1.29, 1.82) is 0 Å². The van der Waals surface area contributed by atoms with Crippen LogP contribution in [-0.4, -0.2) is 30.7 Å². The largest absolute Gasteiger partial charge is 0.397 e. The molecule has 1 saturated carbocycles. The molecule has 0 bridgehead atoms. The van der Waals surface area contributed by atoms with Crippen molar-refractivity contribution >= 4 is 32.4 Å². The Morgan fingerprint density at radius 3 is 2.55 bits per heavy atom. The van der Waals surface area contributed by atoms with Gasteiger partial charge in [-0.3, -0.25) is 15.1 Å². The maximum atomic E-state index is 13.6. The SMILES string of the molecule is CC(c1cc(C(c2ccc(F)cc2)N(C)S(O)=C2CC2)c(N)c2ncccc12)[N+](=O)[O-]. The number of pyridine rings is 1. The number of hydrogen-bond acceptors (Lipinski definition) is 6. The van der Waals surface area contributed by atoms with E-state index in [-0.39, 0.29) is 10.7 Å². The van der Waals surface area contributed by atoms with Crippen molar-refractivity contribution in [3.8, 4) is 0 Å². The van der Waals surface area contributed by atoms with Gasteiger partial charge in [0.15, 0.2) is 0 Å². The Morgan fingerprint density at radius 1 is 1.26 bits per heavy atom. The second kappa shape index (κ2) is 8.33. The van der Waals surface area contributed by atoms with E-state index in [2.05, 4.69) is 4.98 Å². The predicted octanol–water partition coefficient (Wildman–Crippen LogP) is 4.94. The zero-order chi connectivity index (χ0) is 22.3. The van der Waals surface area contributed by atoms with Crippen molar-refractivity contribution in [3.63, 3.8) is 0 Å². The van der Waals surface area contributed by atoms with Crippen LogP contribution < -0.4 is 5.73 Å². The molecule has 0 aliphatic heterocycles. The summed E-state index contributed by atoms with van der Waals surface area (Å²) in [5.41, 5.74) is 9.21. The normalized spacial score (nSPS) is 16.4. The molecule has 1 heterocycles. The molecule has 31 heavy (non-hydrogen) atoms. The van der Waals surface area contributed by atoms with Gasteiger partial charge < -0.3 is 10.3 Å². The van der Waals surface area contributed by atoms with Crippen LogP contribution in [0, 0.1) is 15.9 Å². The van der Waals surface area contributed by atoms with Gasteiger partial charge in [0.1, 0.15) is 5.82 Å². The molecule has 0 saturated heterocycles. The predicted molar refractivity (Wildman–Crippen MR) is 122 cm³/mol. The summed E-state index contributed by atoms with van der Waals surface area (Å²) < 4.78 is 26.3. The van der Waals surface area contributed by atoms with Crippen LogP contribution in [0.5, 0.6) is 0 Å². The summed E-state index contributed by atoms with van der Waals surface area (Å²) in [6, 6.07) is 9.69. The summed E-state index contributed by atoms with van der Waals surface area (Å²) in [5, 5.41) is 12.2. The number of nitrogens with two attached hydrogens (primary N) is 1. The van der Waals surface area contributed by atoms with Gasteiger partial charge in [0.05, 0.1) is 17.2 Å². The molecule has 2 aromatic carbocycles. The fourth-order valence-electron chi connectivity index (χ4n) is 3.77. The monoisotopic (exact) mass is 442 g/mol. The first-order chi connectivity index (χ1) is 14.8. The van der Waals surface area contributed by atoms with Crippen LogP contribution in [0.4, 0.5) is 10.1 Å². The molecule has 3 N–H and O–H groups in total. The Labute approximate surface area is 181 Å². The molecule has 1 aliphatic carbocycles. The zero-order valence-corrected chi connectivity index (χ0v) is 18.0. The second-order valence-corrected chi connectivity index (χ2v) is 9.31. The van der Waals surface area contributed by atoms with E-state index in [1.807, 2.05) is 0 Å². The van der Waals surface area contributed by atoms with Crippen LogP contribution in [0.15, 0.2) is 48.7 Å². The Balaban J connectivity index is 1.99. The highest BCUT2D eigenvalue weighted by Crippen LogP contribution is 2.43. The lowest BCUT2D eigenvalue weighted by molar-refractivity contribution is -0.524. The van der Waals surface area contributed by atoms with Crippen LogP contribution >= 0.6 is 11.0 Å². The minimum Gasteiger partial charge on any atom is -0.397 e. The van der Waals surface area contributed by atoms with E-state index in [1.54, 1.807) is 47.9 Å². The standard InChI is InChI=1S/C22H23FN4O3S/c1-13(27(28)29)18-12-19(20(24)21-17(18)4-3-11-25-21)22(14-5-7-15(23)8-6-14)26(2)31(30)16-9-10-16/h3-8,11-13,22,30H,9-10,24H2,1-2H3. The van der Waals surface area contributed by atoms with Crippen molar-refractivity contribution in [1.82, 2.24) is 9.29 Å². The van der Waals surface area contributed by atoms with Gasteiger partial charge in [0, 0.05) is 52.6 Å². The summed E-state index contributed by atoms with van der Waals surface area (Å²) in [4.78, 5) is 16.7. The van der Waals surface area contributed by atoms with Crippen LogP contribution in [0.3, 0.4) is 0 Å². The number of halogens is 1. The van der Waals surface area contributed by atoms with E-state index in [4.69, 9.17) is 5.73 Å². The molecule has 0 amide bonds. The molecule has 4 rings (SSSR count). The number of nitrogen functional groups attached to an aromatic ring is 1. The molecule has 0 radical (unpaired) electrons. The molecule has 1 aliphatic rings. The maximum absolute atomic E-state index is 13.6. The Kier molecular flexibility index (Phi) is 5.74. The van der Waals surface area contributed by atoms with Gasteiger partial charge >= 0.3 is 0 Å². The molecular formula is C22H23FN4O3S. The summed E-state index contributed by atoms with van der Waals surface area (Å²) in [6.07, 6.45) is 3.31. The third kappa shape index (κ3) is 4.04. The first-order valence-electron chi connectivity index (χ1n) is 9.86. The fraction of sp³-hybridized carbons (Fsp3) is 0.273. The molecule has 0 spiro atoms. The maximum Gasteiger partial charge on any atom is 0.236 e. The van der Waals surface area contributed by atoms with Crippen molar-refractivity contribution in [3.05, 3.63) is 81.3 Å². The molecule has 9 heteroatoms. The van der Waals surface area contributed by atoms with E-state index in [0.717, 1.165) is 23.3 Å². The number of aromatic nitrogens is 1. The number of fused-ring (bicyclic) bond motifs is 1. The number of nitrogens with zero attached hydrogens (tertiary/aromatic N) is 3. The van der Waals surface area contributed by atoms with Crippen LogP contribution in [0.25, 0.3) is 10.9 Å². The van der Waals surface area contributed by atoms with E-state index < -0.39 is 23.0 Å². The summed E-state index contributed by atoms with van der Waals surface area (Å²) in [5.74, 6) is -0.375. The quantitative estimate of drug-likeness (QED) is 0.242. The van der Waals surface area contributed by atoms with Gasteiger partial charge in [0.2, 0.25) is 6.04 Å². The van der Waals surface area contributed by atoms with Crippen molar-refractivity contribution in [2.45, 2.75) is 31.8 Å². The molecule has 162 valence electrons. The van der Waals surface area contributed by atoms with Crippen molar-refractivity contribution in [2.24, 2.45) is 0 Å². The highest BCUT2D eigenvalue weighted by atomic mass is 32.2. The van der Waals surface area contributed by atoms with Crippen molar-refractivity contribution < 1.29 is 13.9 Å². The van der Waals surface area contributed by atoms with Crippen LogP contribution in [-0.2, 0) is 0 Å². The first-order valence-corrected chi connectivity index (χ1v) is 11.0. The van der Waals surface area contributed by atoms with Gasteiger partial charge in [-0.1, -0.05) is 18.2 Å². The molecule has 7 nitrogen and oxygen atoms in total. The minimum atomic E-state index is -1.11. The Morgan fingerprint density at radius 2 is 1.94 bits per heavy atom. The molecule has 3 aromatic rings. The minimum absolute atomic E-state index is 0.352. The van der Waals surface area contributed by atoms with Crippen molar-refractivity contribution in [2.75, 3.05) is 12.8 Å². The third-order valence-electron chi connectivity index (χ3n) is 5.59. The smallest absolute Gasteiger partial charge is 0.236 e. The van der Waals surface area contributed by atoms with E-state index >= 15 is 0 Å². The lowest BCUT2D eigenvalue weighted by Gasteiger charge is -2.30.